The Hall–Kier alpha value is -0.610. The number of nitrogens with two attached hydrogens (primary N) is 1. The Labute approximate surface area is 97.8 Å². The molecule has 0 radical (unpaired) electrons. The van der Waals surface area contributed by atoms with Crippen LogP contribution in [0.15, 0.2) is 0 Å². The lowest BCUT2D eigenvalue weighted by Gasteiger charge is -2.30. The maximum Gasteiger partial charge on any atom is 0.229 e. The van der Waals surface area contributed by atoms with Gasteiger partial charge in [-0.25, -0.2) is 0 Å². The minimum absolute atomic E-state index is 0.139. The van der Waals surface area contributed by atoms with Gasteiger partial charge in [0.05, 0.1) is 11.5 Å². The van der Waals surface area contributed by atoms with Gasteiger partial charge in [-0.2, -0.15) is 0 Å². The van der Waals surface area contributed by atoms with Crippen LogP contribution in [0.3, 0.4) is 0 Å². The van der Waals surface area contributed by atoms with E-state index in [2.05, 4.69) is 0 Å². The first kappa shape index (κ1) is 13.5. The van der Waals surface area contributed by atoms with Crippen molar-refractivity contribution in [1.82, 2.24) is 4.90 Å². The maximum atomic E-state index is 12.3. The van der Waals surface area contributed by atoms with Crippen LogP contribution in [0.25, 0.3) is 0 Å². The predicted octanol–water partition coefficient (Wildman–Crippen LogP) is 0.591. The number of carbonyl (C=O) groups excluding carboxylic acids is 1. The van der Waals surface area contributed by atoms with E-state index < -0.39 is 5.41 Å². The van der Waals surface area contributed by atoms with Gasteiger partial charge in [0.1, 0.15) is 0 Å². The van der Waals surface area contributed by atoms with Crippen LogP contribution in [0.4, 0.5) is 0 Å². The topological polar surface area (TPSA) is 66.6 Å². The second kappa shape index (κ2) is 5.15. The van der Waals surface area contributed by atoms with Crippen LogP contribution >= 0.6 is 0 Å². The molecule has 1 aliphatic heterocycles. The van der Waals surface area contributed by atoms with E-state index in [1.807, 2.05) is 18.7 Å². The van der Waals surface area contributed by atoms with Crippen molar-refractivity contribution in [3.63, 3.8) is 0 Å². The van der Waals surface area contributed by atoms with E-state index in [9.17, 15) is 9.90 Å². The van der Waals surface area contributed by atoms with Crippen molar-refractivity contribution < 1.29 is 9.90 Å². The fourth-order valence-corrected chi connectivity index (χ4v) is 2.13. The van der Waals surface area contributed by atoms with E-state index in [0.29, 0.717) is 13.1 Å². The molecule has 1 rings (SSSR count). The average molecular weight is 228 g/mol. The highest BCUT2D eigenvalue weighted by atomic mass is 16.3. The zero-order valence-electron chi connectivity index (χ0n) is 10.6. The van der Waals surface area contributed by atoms with Crippen LogP contribution in [0.2, 0.25) is 0 Å². The summed E-state index contributed by atoms with van der Waals surface area (Å²) in [5, 5.41) is 9.51. The zero-order chi connectivity index (χ0) is 12.3. The lowest BCUT2D eigenvalue weighted by Crippen LogP contribution is -2.45. The third kappa shape index (κ3) is 2.55. The molecule has 0 spiro atoms. The van der Waals surface area contributed by atoms with Crippen LogP contribution in [0, 0.1) is 11.3 Å². The molecule has 0 aliphatic carbocycles. The summed E-state index contributed by atoms with van der Waals surface area (Å²) in [5.74, 6) is 0.364. The molecule has 0 aromatic carbocycles. The molecule has 16 heavy (non-hydrogen) atoms. The fourth-order valence-electron chi connectivity index (χ4n) is 2.13. The van der Waals surface area contributed by atoms with E-state index in [1.54, 1.807) is 6.92 Å². The van der Waals surface area contributed by atoms with E-state index in [4.69, 9.17) is 5.73 Å². The Morgan fingerprint density at radius 1 is 1.69 bits per heavy atom. The monoisotopic (exact) mass is 228 g/mol. The molecule has 3 atom stereocenters. The molecule has 1 amide bonds. The molecule has 0 aromatic rings. The number of rotatable bonds is 4. The number of carbonyl (C=O) groups is 1. The molecule has 94 valence electrons. The Morgan fingerprint density at radius 2 is 2.31 bits per heavy atom. The number of amides is 1. The van der Waals surface area contributed by atoms with Crippen LogP contribution < -0.4 is 5.73 Å². The first-order chi connectivity index (χ1) is 7.44. The summed E-state index contributed by atoms with van der Waals surface area (Å²) in [7, 11) is 0. The molecule has 1 aliphatic rings. The molecule has 0 aromatic heterocycles. The molecule has 1 saturated heterocycles. The summed E-state index contributed by atoms with van der Waals surface area (Å²) in [5.41, 5.74) is 5.25. The molecule has 0 bridgehead atoms. The van der Waals surface area contributed by atoms with Gasteiger partial charge >= 0.3 is 0 Å². The Kier molecular flexibility index (Phi) is 4.33. The highest BCUT2D eigenvalue weighted by Gasteiger charge is 2.37. The van der Waals surface area contributed by atoms with Gasteiger partial charge in [0.15, 0.2) is 0 Å². The standard InChI is InChI=1S/C12H24N2O2/c1-4-12(3,8-13)11(16)14-6-5-10(7-14)9(2)15/h9-10,15H,4-8,13H2,1-3H3. The van der Waals surface area contributed by atoms with Crippen LogP contribution in [-0.4, -0.2) is 41.7 Å². The summed E-state index contributed by atoms with van der Waals surface area (Å²) in [6.07, 6.45) is 1.33. The summed E-state index contributed by atoms with van der Waals surface area (Å²) in [4.78, 5) is 14.1. The van der Waals surface area contributed by atoms with Crippen molar-refractivity contribution >= 4 is 5.91 Å². The van der Waals surface area contributed by atoms with Gasteiger partial charge in [-0.1, -0.05) is 6.92 Å². The summed E-state index contributed by atoms with van der Waals surface area (Å²) >= 11 is 0. The number of aliphatic hydroxyl groups is 1. The van der Waals surface area contributed by atoms with Crippen molar-refractivity contribution in [3.8, 4) is 0 Å². The Morgan fingerprint density at radius 3 is 2.69 bits per heavy atom. The molecular formula is C12H24N2O2. The van der Waals surface area contributed by atoms with Crippen molar-refractivity contribution in [2.24, 2.45) is 17.1 Å². The first-order valence-corrected chi connectivity index (χ1v) is 6.12. The lowest BCUT2D eigenvalue weighted by atomic mass is 9.86. The smallest absolute Gasteiger partial charge is 0.229 e. The number of hydrogen-bond donors (Lipinski definition) is 2. The summed E-state index contributed by atoms with van der Waals surface area (Å²) < 4.78 is 0. The predicted molar refractivity (Wildman–Crippen MR) is 63.8 cm³/mol. The summed E-state index contributed by atoms with van der Waals surface area (Å²) in [6.45, 7) is 7.52. The molecule has 0 saturated carbocycles. The highest BCUT2D eigenvalue weighted by molar-refractivity contribution is 5.82. The van der Waals surface area contributed by atoms with Gasteiger partial charge < -0.3 is 15.7 Å². The van der Waals surface area contributed by atoms with Crippen molar-refractivity contribution in [2.45, 2.75) is 39.7 Å². The molecule has 3 unspecified atom stereocenters. The summed E-state index contributed by atoms with van der Waals surface area (Å²) in [6, 6.07) is 0. The van der Waals surface area contributed by atoms with Crippen molar-refractivity contribution in [2.75, 3.05) is 19.6 Å². The van der Waals surface area contributed by atoms with Crippen LogP contribution in [0.5, 0.6) is 0 Å². The number of hydrogen-bond acceptors (Lipinski definition) is 3. The van der Waals surface area contributed by atoms with Gasteiger partial charge in [0.2, 0.25) is 5.91 Å². The van der Waals surface area contributed by atoms with E-state index >= 15 is 0 Å². The Balaban J connectivity index is 2.63. The lowest BCUT2D eigenvalue weighted by molar-refractivity contribution is -0.140. The minimum Gasteiger partial charge on any atom is -0.393 e. The fraction of sp³-hybridized carbons (Fsp3) is 0.917. The third-order valence-electron chi connectivity index (χ3n) is 3.94. The molecule has 4 heteroatoms. The second-order valence-corrected chi connectivity index (χ2v) is 5.16. The number of aliphatic hydroxyl groups excluding tert-OH is 1. The molecule has 3 N–H and O–H groups in total. The molecule has 4 nitrogen and oxygen atoms in total. The average Bonchev–Trinajstić information content (AvgIpc) is 2.76. The van der Waals surface area contributed by atoms with Crippen LogP contribution in [0.1, 0.15) is 33.6 Å². The van der Waals surface area contributed by atoms with Crippen LogP contribution in [-0.2, 0) is 4.79 Å². The normalized spacial score (nSPS) is 26.6. The largest absolute Gasteiger partial charge is 0.393 e. The van der Waals surface area contributed by atoms with Gasteiger partial charge in [0.25, 0.3) is 0 Å². The van der Waals surface area contributed by atoms with E-state index in [1.165, 1.54) is 0 Å². The second-order valence-electron chi connectivity index (χ2n) is 5.16. The Bertz CT molecular complexity index is 249. The van der Waals surface area contributed by atoms with Gasteiger partial charge in [-0.15, -0.1) is 0 Å². The number of likely N-dealkylation sites (tertiary alicyclic amines) is 1. The van der Waals surface area contributed by atoms with E-state index in [-0.39, 0.29) is 17.9 Å². The maximum absolute atomic E-state index is 12.3. The minimum atomic E-state index is -0.437. The van der Waals surface area contributed by atoms with Crippen molar-refractivity contribution in [1.29, 1.82) is 0 Å². The van der Waals surface area contributed by atoms with Crippen molar-refractivity contribution in [3.05, 3.63) is 0 Å². The third-order valence-corrected chi connectivity index (χ3v) is 3.94. The zero-order valence-corrected chi connectivity index (χ0v) is 10.6. The van der Waals surface area contributed by atoms with Gasteiger partial charge in [-0.3, -0.25) is 4.79 Å². The van der Waals surface area contributed by atoms with E-state index in [0.717, 1.165) is 19.4 Å². The quantitative estimate of drug-likeness (QED) is 0.740. The first-order valence-electron chi connectivity index (χ1n) is 6.12. The van der Waals surface area contributed by atoms with Gasteiger partial charge in [0, 0.05) is 25.6 Å². The molecule has 1 heterocycles. The molecule has 1 fully saturated rings. The SMILES string of the molecule is CCC(C)(CN)C(=O)N1CCC(C(C)O)C1. The van der Waals surface area contributed by atoms with Gasteiger partial charge in [-0.05, 0) is 26.7 Å². The number of nitrogens with zero attached hydrogens (tertiary/aromatic N) is 1. The highest BCUT2D eigenvalue weighted by Crippen LogP contribution is 2.27. The molecular weight excluding hydrogens is 204 g/mol.